The van der Waals surface area contributed by atoms with Crippen LogP contribution in [0.25, 0.3) is 0 Å². The highest BCUT2D eigenvalue weighted by Gasteiger charge is 2.21. The van der Waals surface area contributed by atoms with Crippen LogP contribution in [0.3, 0.4) is 0 Å². The molecule has 1 aliphatic rings. The Balaban J connectivity index is 1.80. The number of halogens is 1. The summed E-state index contributed by atoms with van der Waals surface area (Å²) in [7, 11) is 0. The molecule has 1 aromatic heterocycles. The highest BCUT2D eigenvalue weighted by molar-refractivity contribution is 9.10. The molecule has 0 radical (unpaired) electrons. The fraction of sp³-hybridized carbons (Fsp3) is 0.692. The Morgan fingerprint density at radius 1 is 1.56 bits per heavy atom. The Morgan fingerprint density at radius 3 is 2.94 bits per heavy atom. The zero-order valence-corrected chi connectivity index (χ0v) is 12.2. The number of hydrogen-bond acceptors (Lipinski definition) is 2. The first-order valence-corrected chi connectivity index (χ1v) is 7.91. The van der Waals surface area contributed by atoms with Crippen LogP contribution in [0.2, 0.25) is 0 Å². The van der Waals surface area contributed by atoms with E-state index in [0.29, 0.717) is 0 Å². The standard InChI is InChI=1S/C13H20BrNS/c1-2-3-10(8-15-12-4-5-12)6-13-7-11(14)9-16-13/h7,9-10,12,15H,2-6,8H2,1H3. The smallest absolute Gasteiger partial charge is 0.0285 e. The van der Waals surface area contributed by atoms with Crippen molar-refractivity contribution in [1.29, 1.82) is 0 Å². The minimum Gasteiger partial charge on any atom is -0.314 e. The van der Waals surface area contributed by atoms with E-state index >= 15 is 0 Å². The van der Waals surface area contributed by atoms with Gasteiger partial charge >= 0.3 is 0 Å². The van der Waals surface area contributed by atoms with E-state index < -0.39 is 0 Å². The third kappa shape index (κ3) is 4.19. The van der Waals surface area contributed by atoms with E-state index in [4.69, 9.17) is 0 Å². The summed E-state index contributed by atoms with van der Waals surface area (Å²) in [5.41, 5.74) is 0. The quantitative estimate of drug-likeness (QED) is 0.795. The summed E-state index contributed by atoms with van der Waals surface area (Å²) >= 11 is 5.41. The molecule has 1 saturated carbocycles. The van der Waals surface area contributed by atoms with E-state index in [1.54, 1.807) is 0 Å². The molecule has 0 spiro atoms. The third-order valence-corrected chi connectivity index (χ3v) is 4.80. The lowest BCUT2D eigenvalue weighted by Gasteiger charge is -2.15. The number of rotatable bonds is 7. The van der Waals surface area contributed by atoms with Gasteiger partial charge in [-0.05, 0) is 60.1 Å². The van der Waals surface area contributed by atoms with E-state index in [2.05, 4.69) is 39.6 Å². The van der Waals surface area contributed by atoms with Crippen molar-refractivity contribution in [3.05, 3.63) is 20.8 Å². The second-order valence-corrected chi connectivity index (χ2v) is 6.68. The molecule has 0 amide bonds. The van der Waals surface area contributed by atoms with Gasteiger partial charge in [0.1, 0.15) is 0 Å². The Kier molecular flexibility index (Phi) is 4.86. The summed E-state index contributed by atoms with van der Waals surface area (Å²) in [6, 6.07) is 3.11. The molecule has 90 valence electrons. The Morgan fingerprint density at radius 2 is 2.38 bits per heavy atom. The zero-order valence-electron chi connectivity index (χ0n) is 9.84. The van der Waals surface area contributed by atoms with Crippen LogP contribution in [0.15, 0.2) is 15.9 Å². The van der Waals surface area contributed by atoms with Crippen molar-refractivity contribution in [2.24, 2.45) is 5.92 Å². The van der Waals surface area contributed by atoms with E-state index in [9.17, 15) is 0 Å². The number of thiophene rings is 1. The lowest BCUT2D eigenvalue weighted by Crippen LogP contribution is -2.25. The zero-order chi connectivity index (χ0) is 11.4. The average Bonchev–Trinajstić information content (AvgIpc) is 3.00. The first-order chi connectivity index (χ1) is 7.78. The summed E-state index contributed by atoms with van der Waals surface area (Å²) in [5, 5.41) is 5.85. The van der Waals surface area contributed by atoms with Gasteiger partial charge in [-0.2, -0.15) is 0 Å². The second-order valence-electron chi connectivity index (χ2n) is 4.77. The fourth-order valence-corrected chi connectivity index (χ4v) is 3.62. The topological polar surface area (TPSA) is 12.0 Å². The van der Waals surface area contributed by atoms with Gasteiger partial charge in [0.2, 0.25) is 0 Å². The van der Waals surface area contributed by atoms with Gasteiger partial charge in [-0.3, -0.25) is 0 Å². The molecular formula is C13H20BrNS. The summed E-state index contributed by atoms with van der Waals surface area (Å²) in [6.07, 6.45) is 6.66. The van der Waals surface area contributed by atoms with Crippen LogP contribution in [-0.4, -0.2) is 12.6 Å². The first-order valence-electron chi connectivity index (χ1n) is 6.24. The molecule has 1 N–H and O–H groups in total. The predicted octanol–water partition coefficient (Wildman–Crippen LogP) is 4.22. The Labute approximate surface area is 111 Å². The molecule has 2 rings (SSSR count). The molecular weight excluding hydrogens is 282 g/mol. The van der Waals surface area contributed by atoms with Crippen LogP contribution in [-0.2, 0) is 6.42 Å². The van der Waals surface area contributed by atoms with Crippen LogP contribution in [0, 0.1) is 5.92 Å². The van der Waals surface area contributed by atoms with Crippen LogP contribution in [0.5, 0.6) is 0 Å². The molecule has 1 aliphatic carbocycles. The lowest BCUT2D eigenvalue weighted by atomic mass is 9.99. The Bertz CT molecular complexity index is 319. The van der Waals surface area contributed by atoms with Crippen LogP contribution >= 0.6 is 27.3 Å². The van der Waals surface area contributed by atoms with Gasteiger partial charge in [0.25, 0.3) is 0 Å². The Hall–Kier alpha value is 0.140. The van der Waals surface area contributed by atoms with Crippen molar-refractivity contribution in [3.8, 4) is 0 Å². The van der Waals surface area contributed by atoms with Crippen molar-refractivity contribution in [3.63, 3.8) is 0 Å². The van der Waals surface area contributed by atoms with Gasteiger partial charge in [0.15, 0.2) is 0 Å². The molecule has 1 heterocycles. The minimum atomic E-state index is 0.816. The summed E-state index contributed by atoms with van der Waals surface area (Å²) in [4.78, 5) is 1.52. The molecule has 16 heavy (non-hydrogen) atoms. The molecule has 0 bridgehead atoms. The molecule has 0 aliphatic heterocycles. The molecule has 0 saturated heterocycles. The van der Waals surface area contributed by atoms with Crippen molar-refractivity contribution in [1.82, 2.24) is 5.32 Å². The van der Waals surface area contributed by atoms with Crippen LogP contribution in [0.1, 0.15) is 37.5 Å². The van der Waals surface area contributed by atoms with Gasteiger partial charge in [-0.15, -0.1) is 11.3 Å². The second kappa shape index (κ2) is 6.18. The van der Waals surface area contributed by atoms with Crippen molar-refractivity contribution in [2.75, 3.05) is 6.54 Å². The molecule has 3 heteroatoms. The fourth-order valence-electron chi connectivity index (χ4n) is 2.05. The normalized spacial score (nSPS) is 17.6. The van der Waals surface area contributed by atoms with Crippen LogP contribution in [0.4, 0.5) is 0 Å². The van der Waals surface area contributed by atoms with Gasteiger partial charge in [-0.25, -0.2) is 0 Å². The van der Waals surface area contributed by atoms with Gasteiger partial charge in [0.05, 0.1) is 0 Å². The molecule has 0 aromatic carbocycles. The van der Waals surface area contributed by atoms with Crippen molar-refractivity contribution < 1.29 is 0 Å². The van der Waals surface area contributed by atoms with Gasteiger partial charge < -0.3 is 5.32 Å². The van der Waals surface area contributed by atoms with Crippen molar-refractivity contribution in [2.45, 2.75) is 45.1 Å². The maximum absolute atomic E-state index is 3.66. The maximum Gasteiger partial charge on any atom is 0.0285 e. The predicted molar refractivity (Wildman–Crippen MR) is 75.1 cm³/mol. The molecule has 1 nitrogen and oxygen atoms in total. The molecule has 1 unspecified atom stereocenters. The highest BCUT2D eigenvalue weighted by Crippen LogP contribution is 2.25. The minimum absolute atomic E-state index is 0.816. The van der Waals surface area contributed by atoms with Crippen LogP contribution < -0.4 is 5.32 Å². The maximum atomic E-state index is 3.66. The van der Waals surface area contributed by atoms with E-state index in [0.717, 1.165) is 12.0 Å². The monoisotopic (exact) mass is 301 g/mol. The average molecular weight is 302 g/mol. The van der Waals surface area contributed by atoms with E-state index in [1.165, 1.54) is 48.0 Å². The van der Waals surface area contributed by atoms with Crippen molar-refractivity contribution >= 4 is 27.3 Å². The number of nitrogens with one attached hydrogen (secondary N) is 1. The molecule has 1 atom stereocenters. The summed E-state index contributed by atoms with van der Waals surface area (Å²) in [6.45, 7) is 3.49. The summed E-state index contributed by atoms with van der Waals surface area (Å²) in [5.74, 6) is 0.816. The number of hydrogen-bond donors (Lipinski definition) is 1. The highest BCUT2D eigenvalue weighted by atomic mass is 79.9. The molecule has 1 aromatic rings. The van der Waals surface area contributed by atoms with Gasteiger partial charge in [-0.1, -0.05) is 13.3 Å². The van der Waals surface area contributed by atoms with E-state index in [1.807, 2.05) is 11.3 Å². The largest absolute Gasteiger partial charge is 0.314 e. The molecule has 1 fully saturated rings. The SMILES string of the molecule is CCCC(CNC1CC1)Cc1cc(Br)cs1. The first kappa shape index (κ1) is 12.6. The lowest BCUT2D eigenvalue weighted by molar-refractivity contribution is 0.439. The van der Waals surface area contributed by atoms with Gasteiger partial charge in [0, 0.05) is 20.8 Å². The summed E-state index contributed by atoms with van der Waals surface area (Å²) < 4.78 is 1.23. The third-order valence-electron chi connectivity index (χ3n) is 3.08. The van der Waals surface area contributed by atoms with E-state index in [-0.39, 0.29) is 0 Å².